The van der Waals surface area contributed by atoms with Crippen LogP contribution >= 0.6 is 11.8 Å². The SMILES string of the molecule is CCCN1C(CO)SC[C@H]1[C-]=O.NF.[K+]. The molecule has 0 amide bonds. The standard InChI is InChI=1S/C8H14NO2S.FH2N.K/c1-2-3-9-7(4-10)6-12-8(9)5-11;1-2;/h7-8,11H,2-3,5-6H2,1H3;2H2;/q-1;;+1/t7-,8?;;/m1../s1. The third kappa shape index (κ3) is 6.09. The summed E-state index contributed by atoms with van der Waals surface area (Å²) in [5.74, 6) is 3.77. The van der Waals surface area contributed by atoms with Crippen molar-refractivity contribution in [1.82, 2.24) is 4.90 Å². The van der Waals surface area contributed by atoms with E-state index in [9.17, 15) is 4.79 Å². The van der Waals surface area contributed by atoms with Gasteiger partial charge >= 0.3 is 51.4 Å². The number of halogens is 1. The Hall–Kier alpha value is 1.47. The number of nitrogens with two attached hydrogens (primary N) is 1. The summed E-state index contributed by atoms with van der Waals surface area (Å²) in [6.45, 7) is 3.07. The molecule has 2 atom stereocenters. The normalized spacial score (nSPS) is 25.1. The number of carbonyl (C=O) groups excluding carboxylic acids is 1. The van der Waals surface area contributed by atoms with Gasteiger partial charge in [0.1, 0.15) is 0 Å². The predicted molar refractivity (Wildman–Crippen MR) is 55.1 cm³/mol. The Morgan fingerprint density at radius 1 is 1.67 bits per heavy atom. The van der Waals surface area contributed by atoms with Crippen molar-refractivity contribution in [2.24, 2.45) is 5.96 Å². The first-order chi connectivity index (χ1) is 6.83. The summed E-state index contributed by atoms with van der Waals surface area (Å²) in [6, 6.07) is -0.105. The van der Waals surface area contributed by atoms with E-state index in [-0.39, 0.29) is 69.4 Å². The van der Waals surface area contributed by atoms with Gasteiger partial charge in [0.25, 0.3) is 0 Å². The van der Waals surface area contributed by atoms with Gasteiger partial charge < -0.3 is 14.8 Å². The summed E-state index contributed by atoms with van der Waals surface area (Å²) in [6.07, 6.45) is 3.02. The quantitative estimate of drug-likeness (QED) is 0.323. The number of aliphatic hydroxyl groups is 1. The van der Waals surface area contributed by atoms with Crippen molar-refractivity contribution in [2.45, 2.75) is 24.8 Å². The molecule has 1 aliphatic rings. The van der Waals surface area contributed by atoms with Gasteiger partial charge in [-0.2, -0.15) is 5.96 Å². The second kappa shape index (κ2) is 11.9. The van der Waals surface area contributed by atoms with E-state index in [2.05, 4.69) is 12.9 Å². The molecule has 1 fully saturated rings. The van der Waals surface area contributed by atoms with E-state index in [1.165, 1.54) is 0 Å². The molecule has 0 aromatic rings. The van der Waals surface area contributed by atoms with Gasteiger partial charge in [0.2, 0.25) is 0 Å². The van der Waals surface area contributed by atoms with Crippen LogP contribution in [0.15, 0.2) is 0 Å². The minimum absolute atomic E-state index is 0. The van der Waals surface area contributed by atoms with Gasteiger partial charge in [0, 0.05) is 0 Å². The zero-order chi connectivity index (χ0) is 11.0. The van der Waals surface area contributed by atoms with Crippen LogP contribution < -0.4 is 57.3 Å². The molecule has 0 spiro atoms. The third-order valence-electron chi connectivity index (χ3n) is 1.99. The van der Waals surface area contributed by atoms with Crippen LogP contribution in [0.1, 0.15) is 13.3 Å². The average molecular weight is 262 g/mol. The van der Waals surface area contributed by atoms with E-state index < -0.39 is 0 Å². The molecule has 3 N–H and O–H groups in total. The van der Waals surface area contributed by atoms with Crippen molar-refractivity contribution in [2.75, 3.05) is 18.9 Å². The number of rotatable bonds is 4. The van der Waals surface area contributed by atoms with Crippen molar-refractivity contribution in [3.63, 3.8) is 0 Å². The van der Waals surface area contributed by atoms with Crippen molar-refractivity contribution < 1.29 is 65.8 Å². The molecule has 0 aromatic heterocycles. The largest absolute Gasteiger partial charge is 1.00 e. The summed E-state index contributed by atoms with van der Waals surface area (Å²) < 4.78 is 9.00. The number of nitrogens with zero attached hydrogens (tertiary/aromatic N) is 1. The first-order valence-electron chi connectivity index (χ1n) is 4.41. The van der Waals surface area contributed by atoms with Crippen LogP contribution in [0.25, 0.3) is 0 Å². The minimum Gasteiger partial charge on any atom is -0.540 e. The van der Waals surface area contributed by atoms with E-state index in [1.54, 1.807) is 11.8 Å². The molecule has 7 heteroatoms. The smallest absolute Gasteiger partial charge is 0.540 e. The van der Waals surface area contributed by atoms with Gasteiger partial charge in [-0.1, -0.05) is 13.0 Å². The number of thioether (sulfide) groups is 1. The molecule has 0 aliphatic carbocycles. The molecule has 0 aromatic carbocycles. The maximum Gasteiger partial charge on any atom is 1.00 e. The second-order valence-corrected chi connectivity index (χ2v) is 4.05. The zero-order valence-electron chi connectivity index (χ0n) is 9.15. The number of aliphatic hydroxyl groups excluding tert-OH is 1. The first-order valence-corrected chi connectivity index (χ1v) is 5.46. The van der Waals surface area contributed by atoms with Crippen molar-refractivity contribution in [3.05, 3.63) is 0 Å². The molecule has 0 bridgehead atoms. The van der Waals surface area contributed by atoms with Crippen LogP contribution in [-0.4, -0.2) is 46.6 Å². The molecule has 1 rings (SSSR count). The summed E-state index contributed by atoms with van der Waals surface area (Å²) >= 11 is 1.64. The summed E-state index contributed by atoms with van der Waals surface area (Å²) in [5.41, 5.74) is 0. The van der Waals surface area contributed by atoms with Gasteiger partial charge in [-0.05, 0) is 18.7 Å². The maximum absolute atomic E-state index is 10.5. The van der Waals surface area contributed by atoms with Crippen LogP contribution in [0.4, 0.5) is 4.48 Å². The number of hydrogen-bond donors (Lipinski definition) is 2. The minimum atomic E-state index is -0.105. The Morgan fingerprint density at radius 3 is 2.67 bits per heavy atom. The molecule has 84 valence electrons. The summed E-state index contributed by atoms with van der Waals surface area (Å²) in [5, 5.41) is 9.09. The molecule has 1 saturated heterocycles. The first kappa shape index (κ1) is 18.8. The number of hydrogen-bond acceptors (Lipinski definition) is 5. The molecule has 1 heterocycles. The van der Waals surface area contributed by atoms with Gasteiger partial charge in [0.15, 0.2) is 0 Å². The molecule has 0 saturated carbocycles. The van der Waals surface area contributed by atoms with E-state index in [1.807, 2.05) is 11.2 Å². The molecular weight excluding hydrogens is 246 g/mol. The van der Waals surface area contributed by atoms with E-state index >= 15 is 0 Å². The zero-order valence-corrected chi connectivity index (χ0v) is 13.1. The van der Waals surface area contributed by atoms with Gasteiger partial charge in [-0.3, -0.25) is 0 Å². The fourth-order valence-corrected chi connectivity index (χ4v) is 2.62. The van der Waals surface area contributed by atoms with E-state index in [0.29, 0.717) is 0 Å². The summed E-state index contributed by atoms with van der Waals surface area (Å²) in [7, 11) is 0. The fraction of sp³-hybridized carbons (Fsp3) is 0.875. The Labute approximate surface area is 136 Å². The van der Waals surface area contributed by atoms with Crippen molar-refractivity contribution >= 4 is 18.0 Å². The molecule has 1 unspecified atom stereocenters. The van der Waals surface area contributed by atoms with E-state index in [0.717, 1.165) is 18.7 Å². The second-order valence-electron chi connectivity index (χ2n) is 2.84. The fourth-order valence-electron chi connectivity index (χ4n) is 1.41. The molecule has 1 aliphatic heterocycles. The third-order valence-corrected chi connectivity index (χ3v) is 3.30. The van der Waals surface area contributed by atoms with Crippen LogP contribution in [-0.2, 0) is 4.79 Å². The van der Waals surface area contributed by atoms with Crippen molar-refractivity contribution in [1.29, 1.82) is 0 Å². The van der Waals surface area contributed by atoms with Gasteiger partial charge in [-0.15, -0.1) is 16.2 Å². The molecule has 0 radical (unpaired) electrons. The summed E-state index contributed by atoms with van der Waals surface area (Å²) in [4.78, 5) is 12.5. The van der Waals surface area contributed by atoms with Crippen LogP contribution in [0, 0.1) is 0 Å². The maximum atomic E-state index is 10.5. The average Bonchev–Trinajstić information content (AvgIpc) is 2.64. The molecule has 15 heavy (non-hydrogen) atoms. The molecular formula is C8H16FKN2O2S. The van der Waals surface area contributed by atoms with Crippen LogP contribution in [0.2, 0.25) is 0 Å². The van der Waals surface area contributed by atoms with Crippen LogP contribution in [0.5, 0.6) is 0 Å². The monoisotopic (exact) mass is 262 g/mol. The van der Waals surface area contributed by atoms with Gasteiger partial charge in [-0.25, -0.2) is 6.29 Å². The predicted octanol–water partition coefficient (Wildman–Crippen LogP) is -2.92. The van der Waals surface area contributed by atoms with Crippen molar-refractivity contribution in [3.8, 4) is 0 Å². The Morgan fingerprint density at radius 2 is 2.27 bits per heavy atom. The Bertz CT molecular complexity index is 168. The topological polar surface area (TPSA) is 66.6 Å². The van der Waals surface area contributed by atoms with Gasteiger partial charge in [0.05, 0.1) is 12.0 Å². The Kier molecular flexibility index (Phi) is 15.0. The molecule has 4 nitrogen and oxygen atoms in total. The van der Waals surface area contributed by atoms with Crippen LogP contribution in [0.3, 0.4) is 0 Å². The van der Waals surface area contributed by atoms with E-state index in [4.69, 9.17) is 9.59 Å². The Balaban J connectivity index is 0.